The summed E-state index contributed by atoms with van der Waals surface area (Å²) in [5.41, 5.74) is 2.57. The summed E-state index contributed by atoms with van der Waals surface area (Å²) in [6.45, 7) is 0. The van der Waals surface area contributed by atoms with Gasteiger partial charge >= 0.3 is 5.97 Å². The number of aliphatic carboxylic acids is 1. The Hall–Kier alpha value is -3.03. The van der Waals surface area contributed by atoms with Crippen LogP contribution in [0.5, 0.6) is 0 Å². The fourth-order valence-corrected chi connectivity index (χ4v) is 5.82. The van der Waals surface area contributed by atoms with Gasteiger partial charge in [-0.15, -0.1) is 0 Å². The molecule has 1 unspecified atom stereocenters. The van der Waals surface area contributed by atoms with E-state index in [1.165, 1.54) is 18.2 Å². The summed E-state index contributed by atoms with van der Waals surface area (Å²) in [7, 11) is -4.06. The average Bonchev–Trinajstić information content (AvgIpc) is 3.33. The molecule has 2 aliphatic carbocycles. The third-order valence-corrected chi connectivity index (χ3v) is 7.49. The number of nitrogens with one attached hydrogen (secondary N) is 1. The van der Waals surface area contributed by atoms with Crippen LogP contribution in [-0.2, 0) is 21.2 Å². The molecule has 3 aromatic carbocycles. The van der Waals surface area contributed by atoms with Crippen molar-refractivity contribution in [3.8, 4) is 11.1 Å². The number of sulfonamides is 1. The lowest BCUT2D eigenvalue weighted by molar-refractivity contribution is -0.140. The van der Waals surface area contributed by atoms with E-state index in [0.717, 1.165) is 27.8 Å². The van der Waals surface area contributed by atoms with Crippen LogP contribution in [0, 0.1) is 5.82 Å². The summed E-state index contributed by atoms with van der Waals surface area (Å²) in [6, 6.07) is 18.3. The van der Waals surface area contributed by atoms with E-state index in [9.17, 15) is 22.7 Å². The first-order chi connectivity index (χ1) is 14.3. The molecular formula is C23H18FNO4S. The van der Waals surface area contributed by atoms with Crippen molar-refractivity contribution < 1.29 is 22.7 Å². The van der Waals surface area contributed by atoms with Crippen molar-refractivity contribution >= 4 is 16.0 Å². The lowest BCUT2D eigenvalue weighted by Gasteiger charge is -2.16. The van der Waals surface area contributed by atoms with Crippen molar-refractivity contribution in [1.82, 2.24) is 4.72 Å². The lowest BCUT2D eigenvalue weighted by atomic mass is 10.1. The zero-order valence-electron chi connectivity index (χ0n) is 15.8. The number of halogens is 1. The van der Waals surface area contributed by atoms with Gasteiger partial charge in [0.25, 0.3) is 0 Å². The average molecular weight is 423 g/mol. The highest BCUT2D eigenvalue weighted by Crippen LogP contribution is 2.52. The van der Waals surface area contributed by atoms with Gasteiger partial charge in [0.05, 0.1) is 4.90 Å². The van der Waals surface area contributed by atoms with Crippen LogP contribution in [-0.4, -0.2) is 25.0 Å². The Labute approximate surface area is 173 Å². The highest BCUT2D eigenvalue weighted by Gasteiger charge is 2.63. The first kappa shape index (κ1) is 19.0. The first-order valence-corrected chi connectivity index (χ1v) is 11.0. The quantitative estimate of drug-likeness (QED) is 0.513. The molecule has 0 aliphatic heterocycles. The van der Waals surface area contributed by atoms with Gasteiger partial charge < -0.3 is 5.11 Å². The largest absolute Gasteiger partial charge is 0.480 e. The molecule has 0 bridgehead atoms. The standard InChI is InChI=1S/C23H18FNO4S/c24-17-6-8-19-15(11-17)10-16-12-18(7-9-20(16)19)30(28,29)25-23(22(26)27)13-21(23)14-4-2-1-3-5-14/h1-9,11-12,21,25H,10,13H2,(H,26,27)/t21-,23?/m0/s1. The molecule has 0 amide bonds. The Morgan fingerprint density at radius 1 is 1.00 bits per heavy atom. The molecule has 3 aromatic rings. The normalized spacial score (nSPS) is 21.7. The number of rotatable bonds is 5. The molecule has 2 atom stereocenters. The molecule has 0 radical (unpaired) electrons. The molecule has 5 rings (SSSR count). The van der Waals surface area contributed by atoms with Gasteiger partial charge in [0.2, 0.25) is 10.0 Å². The van der Waals surface area contributed by atoms with E-state index in [1.807, 2.05) is 6.07 Å². The number of carbonyl (C=O) groups is 1. The molecule has 1 saturated carbocycles. The van der Waals surface area contributed by atoms with Crippen LogP contribution in [0.4, 0.5) is 4.39 Å². The van der Waals surface area contributed by atoms with Crippen LogP contribution in [0.3, 0.4) is 0 Å². The zero-order valence-corrected chi connectivity index (χ0v) is 16.6. The van der Waals surface area contributed by atoms with Crippen LogP contribution in [0.2, 0.25) is 0 Å². The molecule has 30 heavy (non-hydrogen) atoms. The summed E-state index contributed by atoms with van der Waals surface area (Å²) >= 11 is 0. The van der Waals surface area contributed by atoms with Gasteiger partial charge in [-0.2, -0.15) is 4.72 Å². The third kappa shape index (κ3) is 2.93. The van der Waals surface area contributed by atoms with Gasteiger partial charge in [-0.05, 0) is 64.9 Å². The van der Waals surface area contributed by atoms with Crippen LogP contribution >= 0.6 is 0 Å². The minimum atomic E-state index is -4.06. The number of benzene rings is 3. The summed E-state index contributed by atoms with van der Waals surface area (Å²) in [4.78, 5) is 12.0. The van der Waals surface area contributed by atoms with Crippen molar-refractivity contribution in [1.29, 1.82) is 0 Å². The maximum atomic E-state index is 13.5. The molecule has 7 heteroatoms. The van der Waals surface area contributed by atoms with Crippen LogP contribution in [0.1, 0.15) is 29.0 Å². The fraction of sp³-hybridized carbons (Fsp3) is 0.174. The summed E-state index contributed by atoms with van der Waals surface area (Å²) in [5.74, 6) is -1.95. The van der Waals surface area contributed by atoms with Crippen molar-refractivity contribution in [2.75, 3.05) is 0 Å². The van der Waals surface area contributed by atoms with Crippen LogP contribution in [0.15, 0.2) is 71.6 Å². The van der Waals surface area contributed by atoms with E-state index in [-0.39, 0.29) is 17.1 Å². The van der Waals surface area contributed by atoms with Crippen molar-refractivity contribution in [3.63, 3.8) is 0 Å². The van der Waals surface area contributed by atoms with E-state index >= 15 is 0 Å². The fourth-order valence-electron chi connectivity index (χ4n) is 4.37. The molecule has 2 aliphatic rings. The van der Waals surface area contributed by atoms with Crippen LogP contribution < -0.4 is 4.72 Å². The second-order valence-electron chi connectivity index (χ2n) is 7.85. The summed E-state index contributed by atoms with van der Waals surface area (Å²) in [6.07, 6.45) is 0.629. The van der Waals surface area contributed by atoms with Crippen molar-refractivity contribution in [2.45, 2.75) is 29.2 Å². The van der Waals surface area contributed by atoms with E-state index < -0.39 is 27.4 Å². The van der Waals surface area contributed by atoms with E-state index in [0.29, 0.717) is 6.42 Å². The van der Waals surface area contributed by atoms with Crippen LogP contribution in [0.25, 0.3) is 11.1 Å². The molecule has 5 nitrogen and oxygen atoms in total. The first-order valence-electron chi connectivity index (χ1n) is 9.54. The van der Waals surface area contributed by atoms with Gasteiger partial charge in [0, 0.05) is 5.92 Å². The molecular weight excluding hydrogens is 405 g/mol. The summed E-state index contributed by atoms with van der Waals surface area (Å²) in [5, 5.41) is 9.78. The molecule has 0 aromatic heterocycles. The maximum Gasteiger partial charge on any atom is 0.325 e. The second kappa shape index (κ2) is 6.48. The van der Waals surface area contributed by atoms with E-state index in [1.54, 1.807) is 42.5 Å². The minimum absolute atomic E-state index is 0.00821. The number of hydrogen-bond donors (Lipinski definition) is 2. The SMILES string of the molecule is O=C(O)C1(NS(=O)(=O)c2ccc3c(c2)Cc2cc(F)ccc2-3)C[C@H]1c1ccccc1. The Kier molecular flexibility index (Phi) is 4.10. The molecule has 1 fully saturated rings. The van der Waals surface area contributed by atoms with E-state index in [4.69, 9.17) is 0 Å². The number of carboxylic acids is 1. The second-order valence-corrected chi connectivity index (χ2v) is 9.53. The smallest absolute Gasteiger partial charge is 0.325 e. The van der Waals surface area contributed by atoms with Gasteiger partial charge in [-0.1, -0.05) is 42.5 Å². The molecule has 0 saturated heterocycles. The predicted molar refractivity (Wildman–Crippen MR) is 109 cm³/mol. The Morgan fingerprint density at radius 2 is 1.67 bits per heavy atom. The Balaban J connectivity index is 1.46. The predicted octanol–water partition coefficient (Wildman–Crippen LogP) is 3.69. The lowest BCUT2D eigenvalue weighted by Crippen LogP contribution is -2.44. The molecule has 0 heterocycles. The summed E-state index contributed by atoms with van der Waals surface area (Å²) < 4.78 is 42.1. The minimum Gasteiger partial charge on any atom is -0.480 e. The molecule has 2 N–H and O–H groups in total. The van der Waals surface area contributed by atoms with Gasteiger partial charge in [0.15, 0.2) is 0 Å². The monoisotopic (exact) mass is 423 g/mol. The Bertz CT molecular complexity index is 1290. The van der Waals surface area contributed by atoms with Crippen molar-refractivity contribution in [3.05, 3.63) is 89.2 Å². The number of hydrogen-bond acceptors (Lipinski definition) is 3. The van der Waals surface area contributed by atoms with E-state index in [2.05, 4.69) is 4.72 Å². The number of carboxylic acid groups (broad SMARTS) is 1. The highest BCUT2D eigenvalue weighted by molar-refractivity contribution is 7.89. The third-order valence-electron chi connectivity index (χ3n) is 5.99. The van der Waals surface area contributed by atoms with Gasteiger partial charge in [0.1, 0.15) is 11.4 Å². The van der Waals surface area contributed by atoms with Gasteiger partial charge in [-0.3, -0.25) is 4.79 Å². The molecule has 152 valence electrons. The van der Waals surface area contributed by atoms with Crippen molar-refractivity contribution in [2.24, 2.45) is 0 Å². The topological polar surface area (TPSA) is 83.5 Å². The molecule has 0 spiro atoms. The Morgan fingerprint density at radius 3 is 2.37 bits per heavy atom. The highest BCUT2D eigenvalue weighted by atomic mass is 32.2. The van der Waals surface area contributed by atoms with Gasteiger partial charge in [-0.25, -0.2) is 12.8 Å². The number of fused-ring (bicyclic) bond motifs is 3. The zero-order chi connectivity index (χ0) is 21.1. The maximum absolute atomic E-state index is 13.5.